The number of aromatic nitrogens is 1. The fraction of sp³-hybridized carbons (Fsp3) is 0.160. The van der Waals surface area contributed by atoms with E-state index in [1.807, 2.05) is 0 Å². The summed E-state index contributed by atoms with van der Waals surface area (Å²) in [6.07, 6.45) is 4.59. The number of hydrogen-bond acceptors (Lipinski definition) is 1. The van der Waals surface area contributed by atoms with E-state index in [9.17, 15) is 0 Å². The molecular formula is C25H21N. The first kappa shape index (κ1) is 15.3. The molecule has 26 heavy (non-hydrogen) atoms. The second-order valence-electron chi connectivity index (χ2n) is 7.39. The second-order valence-corrected chi connectivity index (χ2v) is 7.39. The van der Waals surface area contributed by atoms with Crippen LogP contribution in [0.15, 0.2) is 77.9 Å². The molecule has 2 atom stereocenters. The van der Waals surface area contributed by atoms with Crippen LogP contribution in [0, 0.1) is 0 Å². The summed E-state index contributed by atoms with van der Waals surface area (Å²) in [5.41, 5.74) is 10.4. The molecule has 0 bridgehead atoms. The van der Waals surface area contributed by atoms with E-state index in [2.05, 4.69) is 92.7 Å². The number of hydrogen-bond donors (Lipinski definition) is 0. The van der Waals surface area contributed by atoms with Crippen molar-refractivity contribution in [3.8, 4) is 0 Å². The Morgan fingerprint density at radius 3 is 1.54 bits per heavy atom. The molecule has 0 saturated heterocycles. The van der Waals surface area contributed by atoms with E-state index >= 15 is 0 Å². The van der Waals surface area contributed by atoms with Gasteiger partial charge in [-0.05, 0) is 48.2 Å². The van der Waals surface area contributed by atoms with Gasteiger partial charge in [-0.1, -0.05) is 77.9 Å². The maximum Gasteiger partial charge on any atom is 0.0523 e. The smallest absolute Gasteiger partial charge is 0.0523 e. The minimum Gasteiger partial charge on any atom is -0.256 e. The molecule has 0 spiro atoms. The van der Waals surface area contributed by atoms with Crippen LogP contribution in [-0.2, 0) is 0 Å². The number of rotatable bonds is 2. The number of pyridine rings is 1. The first-order valence-electron chi connectivity index (χ1n) is 9.23. The van der Waals surface area contributed by atoms with Crippen LogP contribution in [0.5, 0.6) is 0 Å². The van der Waals surface area contributed by atoms with Crippen molar-refractivity contribution >= 4 is 12.2 Å². The SMILES string of the molecule is CC1=Cc2ccccc2C1c1cccc(C2C(C)=Cc3ccccc32)n1. The van der Waals surface area contributed by atoms with Gasteiger partial charge in [0, 0.05) is 11.8 Å². The van der Waals surface area contributed by atoms with Gasteiger partial charge in [-0.3, -0.25) is 4.98 Å². The van der Waals surface area contributed by atoms with E-state index in [1.54, 1.807) is 0 Å². The maximum atomic E-state index is 5.15. The Bertz CT molecular complexity index is 988. The van der Waals surface area contributed by atoms with Gasteiger partial charge in [0.15, 0.2) is 0 Å². The molecule has 5 rings (SSSR count). The Balaban J connectivity index is 1.60. The summed E-state index contributed by atoms with van der Waals surface area (Å²) in [6.45, 7) is 4.43. The first-order valence-corrected chi connectivity index (χ1v) is 9.23. The third kappa shape index (κ3) is 2.28. The Morgan fingerprint density at radius 2 is 1.04 bits per heavy atom. The lowest BCUT2D eigenvalue weighted by atomic mass is 9.90. The van der Waals surface area contributed by atoms with E-state index in [0.717, 1.165) is 11.4 Å². The molecule has 0 amide bonds. The number of allylic oxidation sites excluding steroid dienone is 2. The molecule has 1 aromatic heterocycles. The molecule has 2 aromatic carbocycles. The van der Waals surface area contributed by atoms with Crippen molar-refractivity contribution in [2.45, 2.75) is 25.7 Å². The van der Waals surface area contributed by atoms with Crippen molar-refractivity contribution in [1.82, 2.24) is 4.98 Å². The van der Waals surface area contributed by atoms with Crippen LogP contribution in [0.2, 0.25) is 0 Å². The molecule has 0 saturated carbocycles. The minimum atomic E-state index is 0.270. The van der Waals surface area contributed by atoms with Gasteiger partial charge in [0.2, 0.25) is 0 Å². The third-order valence-electron chi connectivity index (χ3n) is 5.67. The average Bonchev–Trinajstić information content (AvgIpc) is 3.17. The van der Waals surface area contributed by atoms with Gasteiger partial charge < -0.3 is 0 Å². The number of nitrogens with zero attached hydrogens (tertiary/aromatic N) is 1. The lowest BCUT2D eigenvalue weighted by molar-refractivity contribution is 0.852. The van der Waals surface area contributed by atoms with Gasteiger partial charge in [-0.15, -0.1) is 0 Å². The molecule has 0 aliphatic heterocycles. The second kappa shape index (κ2) is 5.81. The number of benzene rings is 2. The van der Waals surface area contributed by atoms with E-state index in [-0.39, 0.29) is 11.8 Å². The Labute approximate surface area is 154 Å². The summed E-state index contributed by atoms with van der Waals surface area (Å²) in [5.74, 6) is 0.541. The van der Waals surface area contributed by atoms with Crippen molar-refractivity contribution in [3.63, 3.8) is 0 Å². The van der Waals surface area contributed by atoms with Crippen LogP contribution < -0.4 is 0 Å². The summed E-state index contributed by atoms with van der Waals surface area (Å²) in [5, 5.41) is 0. The summed E-state index contributed by atoms with van der Waals surface area (Å²) in [4.78, 5) is 5.15. The topological polar surface area (TPSA) is 12.9 Å². The van der Waals surface area contributed by atoms with E-state index < -0.39 is 0 Å². The molecule has 3 aromatic rings. The van der Waals surface area contributed by atoms with E-state index in [1.165, 1.54) is 33.4 Å². The molecule has 2 unspecified atom stereocenters. The van der Waals surface area contributed by atoms with Crippen LogP contribution in [0.4, 0.5) is 0 Å². The van der Waals surface area contributed by atoms with Crippen LogP contribution in [0.3, 0.4) is 0 Å². The van der Waals surface area contributed by atoms with Crippen LogP contribution in [0.25, 0.3) is 12.2 Å². The van der Waals surface area contributed by atoms with Gasteiger partial charge in [0.05, 0.1) is 11.4 Å². The standard InChI is InChI=1S/C25H21N/c1-16-14-18-8-3-5-10-20(18)24(16)22-12-7-13-23(26-22)25-17(2)15-19-9-4-6-11-21(19)25/h3-15,24-25H,1-2H3. The molecular weight excluding hydrogens is 314 g/mol. The molecule has 2 aliphatic rings. The van der Waals surface area contributed by atoms with Gasteiger partial charge in [0.1, 0.15) is 0 Å². The Hall–Kier alpha value is -2.93. The maximum absolute atomic E-state index is 5.15. The van der Waals surface area contributed by atoms with Gasteiger partial charge in [0.25, 0.3) is 0 Å². The summed E-state index contributed by atoms with van der Waals surface area (Å²) >= 11 is 0. The van der Waals surface area contributed by atoms with Crippen molar-refractivity contribution in [1.29, 1.82) is 0 Å². The minimum absolute atomic E-state index is 0.270. The molecule has 0 N–H and O–H groups in total. The largest absolute Gasteiger partial charge is 0.256 e. The van der Waals surface area contributed by atoms with Crippen LogP contribution in [0.1, 0.15) is 59.3 Å². The molecule has 1 heterocycles. The quantitative estimate of drug-likeness (QED) is 0.545. The van der Waals surface area contributed by atoms with Gasteiger partial charge in [-0.2, -0.15) is 0 Å². The summed E-state index contributed by atoms with van der Waals surface area (Å²) < 4.78 is 0. The molecule has 126 valence electrons. The first-order chi connectivity index (χ1) is 12.7. The average molecular weight is 335 g/mol. The fourth-order valence-electron chi connectivity index (χ4n) is 4.53. The molecule has 2 aliphatic carbocycles. The van der Waals surface area contributed by atoms with Gasteiger partial charge >= 0.3 is 0 Å². The Morgan fingerprint density at radius 1 is 0.577 bits per heavy atom. The zero-order valence-corrected chi connectivity index (χ0v) is 15.1. The number of fused-ring (bicyclic) bond motifs is 2. The Kier molecular flexibility index (Phi) is 3.43. The molecule has 1 nitrogen and oxygen atoms in total. The van der Waals surface area contributed by atoms with Gasteiger partial charge in [-0.25, -0.2) is 0 Å². The summed E-state index contributed by atoms with van der Waals surface area (Å²) in [7, 11) is 0. The van der Waals surface area contributed by atoms with Crippen LogP contribution >= 0.6 is 0 Å². The zero-order chi connectivity index (χ0) is 17.7. The lowest BCUT2D eigenvalue weighted by Crippen LogP contribution is -2.08. The molecule has 0 radical (unpaired) electrons. The van der Waals surface area contributed by atoms with Crippen LogP contribution in [-0.4, -0.2) is 4.98 Å². The monoisotopic (exact) mass is 335 g/mol. The highest BCUT2D eigenvalue weighted by Crippen LogP contribution is 2.43. The predicted molar refractivity (Wildman–Crippen MR) is 108 cm³/mol. The summed E-state index contributed by atoms with van der Waals surface area (Å²) in [6, 6.07) is 23.9. The molecule has 0 fully saturated rings. The predicted octanol–water partition coefficient (Wildman–Crippen LogP) is 6.18. The lowest BCUT2D eigenvalue weighted by Gasteiger charge is -2.19. The highest BCUT2D eigenvalue weighted by atomic mass is 14.7. The van der Waals surface area contributed by atoms with E-state index in [4.69, 9.17) is 4.98 Å². The highest BCUT2D eigenvalue weighted by molar-refractivity contribution is 5.69. The van der Waals surface area contributed by atoms with Crippen molar-refractivity contribution in [2.24, 2.45) is 0 Å². The fourth-order valence-corrected chi connectivity index (χ4v) is 4.53. The van der Waals surface area contributed by atoms with Crippen molar-refractivity contribution in [2.75, 3.05) is 0 Å². The zero-order valence-electron chi connectivity index (χ0n) is 15.1. The van der Waals surface area contributed by atoms with Crippen molar-refractivity contribution in [3.05, 3.63) is 112 Å². The molecule has 1 heteroatoms. The van der Waals surface area contributed by atoms with E-state index in [0.29, 0.717) is 0 Å². The third-order valence-corrected chi connectivity index (χ3v) is 5.67. The normalized spacial score (nSPS) is 20.4. The van der Waals surface area contributed by atoms with Crippen molar-refractivity contribution < 1.29 is 0 Å². The highest BCUT2D eigenvalue weighted by Gasteiger charge is 2.28.